The van der Waals surface area contributed by atoms with E-state index in [2.05, 4.69) is 69.4 Å². The maximum atomic E-state index is 2.34. The van der Waals surface area contributed by atoms with Crippen LogP contribution < -0.4 is 0 Å². The largest absolute Gasteiger partial charge is 3.00 e. The van der Waals surface area contributed by atoms with Crippen LogP contribution in [0.25, 0.3) is 0 Å². The van der Waals surface area contributed by atoms with Gasteiger partial charge >= 0.3 is 25.8 Å². The molecule has 2 aliphatic rings. The molecule has 4 rings (SSSR count). The molecule has 2 aromatic carbocycles. The quantitative estimate of drug-likeness (QED) is 0.513. The smallest absolute Gasteiger partial charge is 0.339 e. The monoisotopic (exact) mass is 446 g/mol. The standard InChI is InChI=1S/C10H13.2C9H12N.Sc/c1-7-6-8(2)10-5-3-4-9(7)10;2*1-10(2)8-9-6-4-3-5-7-9;/h3-5,7,9H,6H2,1-2H3;2*3-8H,1-2H3;/q3*-1;+3. The van der Waals surface area contributed by atoms with Gasteiger partial charge in [-0.25, -0.2) is 17.6 Å². The van der Waals surface area contributed by atoms with Gasteiger partial charge in [-0.2, -0.15) is 35.4 Å². The van der Waals surface area contributed by atoms with Crippen molar-refractivity contribution in [3.05, 3.63) is 115 Å². The number of rotatable bonds is 4. The molecule has 0 bridgehead atoms. The Hall–Kier alpha value is -1.68. The van der Waals surface area contributed by atoms with Crippen LogP contribution in [0.5, 0.6) is 0 Å². The zero-order valence-electron chi connectivity index (χ0n) is 20.0. The first-order valence-electron chi connectivity index (χ1n) is 10.7. The Morgan fingerprint density at radius 3 is 1.65 bits per heavy atom. The van der Waals surface area contributed by atoms with Crippen molar-refractivity contribution in [1.82, 2.24) is 9.80 Å². The molecule has 2 nitrogen and oxygen atoms in total. The Kier molecular flexibility index (Phi) is 12.7. The van der Waals surface area contributed by atoms with E-state index in [1.54, 1.807) is 11.5 Å². The summed E-state index contributed by atoms with van der Waals surface area (Å²) in [5.74, 6) is 3.22. The summed E-state index contributed by atoms with van der Waals surface area (Å²) in [4.78, 5) is 4.07. The number of nitrogens with zero attached hydrogens (tertiary/aromatic N) is 2. The topological polar surface area (TPSA) is 6.48 Å². The molecule has 1 saturated carbocycles. The predicted octanol–water partition coefficient (Wildman–Crippen LogP) is 6.25. The molecule has 1 fully saturated rings. The van der Waals surface area contributed by atoms with Crippen molar-refractivity contribution in [2.24, 2.45) is 11.8 Å². The molecule has 0 saturated heterocycles. The molecule has 31 heavy (non-hydrogen) atoms. The Labute approximate surface area is 209 Å². The van der Waals surface area contributed by atoms with E-state index in [0.29, 0.717) is 0 Å². The normalized spacial score (nSPS) is 18.2. The summed E-state index contributed by atoms with van der Waals surface area (Å²) in [5, 5.41) is 0. The van der Waals surface area contributed by atoms with Crippen LogP contribution in [-0.4, -0.2) is 38.0 Å². The zero-order valence-corrected chi connectivity index (χ0v) is 21.8. The molecule has 2 atom stereocenters. The third kappa shape index (κ3) is 9.99. The summed E-state index contributed by atoms with van der Waals surface area (Å²) >= 11 is 0. The average molecular weight is 447 g/mol. The molecular formula is C28H37N2Sc. The van der Waals surface area contributed by atoms with E-state index in [1.165, 1.54) is 17.5 Å². The van der Waals surface area contributed by atoms with Gasteiger partial charge in [-0.3, -0.25) is 0 Å². The fraction of sp³-hybridized carbons (Fsp3) is 0.321. The average Bonchev–Trinajstić information content (AvgIpc) is 3.29. The van der Waals surface area contributed by atoms with E-state index in [4.69, 9.17) is 0 Å². The molecular weight excluding hydrogens is 409 g/mol. The van der Waals surface area contributed by atoms with Crippen molar-refractivity contribution in [2.45, 2.75) is 20.3 Å². The summed E-state index contributed by atoms with van der Waals surface area (Å²) < 4.78 is 0. The van der Waals surface area contributed by atoms with Gasteiger partial charge in [-0.1, -0.05) is 31.6 Å². The predicted molar refractivity (Wildman–Crippen MR) is 130 cm³/mol. The van der Waals surface area contributed by atoms with Gasteiger partial charge in [0.1, 0.15) is 0 Å². The SMILES string of the molecule is CN(C)[CH-]c1ccccc1.CN(C)[CH-]c1ccccc1.C[C-]1CC(C)C2C=CC=C12.[Sc+3]. The Balaban J connectivity index is 0.000000229. The maximum Gasteiger partial charge on any atom is 3.00 e. The summed E-state index contributed by atoms with van der Waals surface area (Å²) in [5.41, 5.74) is 4.08. The van der Waals surface area contributed by atoms with Crippen LogP contribution in [0.3, 0.4) is 0 Å². The molecule has 0 heterocycles. The minimum atomic E-state index is 0. The van der Waals surface area contributed by atoms with Gasteiger partial charge in [0.05, 0.1) is 0 Å². The van der Waals surface area contributed by atoms with Gasteiger partial charge in [0.25, 0.3) is 0 Å². The van der Waals surface area contributed by atoms with Crippen LogP contribution >= 0.6 is 0 Å². The number of hydrogen-bond donors (Lipinski definition) is 0. The summed E-state index contributed by atoms with van der Waals surface area (Å²) in [6.45, 7) is 8.76. The molecule has 0 spiro atoms. The number of benzene rings is 2. The van der Waals surface area contributed by atoms with Crippen LogP contribution in [0.1, 0.15) is 31.4 Å². The third-order valence-corrected chi connectivity index (χ3v) is 5.10. The minimum Gasteiger partial charge on any atom is -0.339 e. The Bertz CT molecular complexity index is 736. The molecule has 0 aliphatic heterocycles. The molecule has 0 amide bonds. The van der Waals surface area contributed by atoms with E-state index >= 15 is 0 Å². The van der Waals surface area contributed by atoms with E-state index in [9.17, 15) is 0 Å². The van der Waals surface area contributed by atoms with Gasteiger partial charge in [0, 0.05) is 0 Å². The molecule has 2 aromatic rings. The van der Waals surface area contributed by atoms with Crippen LogP contribution in [0.15, 0.2) is 84.5 Å². The molecule has 0 aromatic heterocycles. The fourth-order valence-electron chi connectivity index (χ4n) is 3.82. The van der Waals surface area contributed by atoms with Gasteiger partial charge in [-0.05, 0) is 40.0 Å². The van der Waals surface area contributed by atoms with E-state index in [-0.39, 0.29) is 25.8 Å². The second kappa shape index (κ2) is 14.4. The van der Waals surface area contributed by atoms with E-state index in [0.717, 1.165) is 11.8 Å². The van der Waals surface area contributed by atoms with E-state index in [1.807, 2.05) is 74.4 Å². The fourth-order valence-corrected chi connectivity index (χ4v) is 3.82. The van der Waals surface area contributed by atoms with Crippen molar-refractivity contribution in [3.8, 4) is 0 Å². The van der Waals surface area contributed by atoms with Gasteiger partial charge in [-0.15, -0.1) is 50.4 Å². The van der Waals surface area contributed by atoms with Crippen molar-refractivity contribution in [1.29, 1.82) is 0 Å². The molecule has 3 heteroatoms. The van der Waals surface area contributed by atoms with Gasteiger partial charge in [0.2, 0.25) is 0 Å². The first-order valence-corrected chi connectivity index (χ1v) is 10.7. The first kappa shape index (κ1) is 27.4. The molecule has 0 radical (unpaired) electrons. The second-order valence-corrected chi connectivity index (χ2v) is 8.50. The summed E-state index contributed by atoms with van der Waals surface area (Å²) in [6.07, 6.45) is 8.10. The zero-order chi connectivity index (χ0) is 21.9. The van der Waals surface area contributed by atoms with Crippen molar-refractivity contribution in [3.63, 3.8) is 0 Å². The first-order chi connectivity index (χ1) is 14.4. The number of allylic oxidation sites excluding steroid dienone is 4. The number of fused-ring (bicyclic) bond motifs is 1. The van der Waals surface area contributed by atoms with Crippen LogP contribution in [-0.2, 0) is 25.8 Å². The van der Waals surface area contributed by atoms with Crippen molar-refractivity contribution in [2.75, 3.05) is 28.2 Å². The van der Waals surface area contributed by atoms with Crippen molar-refractivity contribution >= 4 is 0 Å². The molecule has 2 aliphatic carbocycles. The van der Waals surface area contributed by atoms with Crippen LogP contribution in [0, 0.1) is 30.8 Å². The van der Waals surface area contributed by atoms with Gasteiger partial charge in [0.15, 0.2) is 0 Å². The Morgan fingerprint density at radius 2 is 1.26 bits per heavy atom. The van der Waals surface area contributed by atoms with Crippen LogP contribution in [0.2, 0.25) is 0 Å². The number of hydrogen-bond acceptors (Lipinski definition) is 2. The van der Waals surface area contributed by atoms with Crippen LogP contribution in [0.4, 0.5) is 0 Å². The van der Waals surface area contributed by atoms with Crippen molar-refractivity contribution < 1.29 is 25.8 Å². The second-order valence-electron chi connectivity index (χ2n) is 8.50. The molecule has 2 unspecified atom stereocenters. The van der Waals surface area contributed by atoms with E-state index < -0.39 is 0 Å². The van der Waals surface area contributed by atoms with Gasteiger partial charge < -0.3 is 9.80 Å². The maximum absolute atomic E-state index is 2.34. The molecule has 162 valence electrons. The third-order valence-electron chi connectivity index (χ3n) is 5.10. The minimum absolute atomic E-state index is 0. The summed E-state index contributed by atoms with van der Waals surface area (Å²) in [6, 6.07) is 20.5. The molecule has 0 N–H and O–H groups in total. The Morgan fingerprint density at radius 1 is 0.806 bits per heavy atom. The summed E-state index contributed by atoms with van der Waals surface area (Å²) in [7, 11) is 8.08.